The van der Waals surface area contributed by atoms with Crippen LogP contribution >= 0.6 is 0 Å². The predicted molar refractivity (Wildman–Crippen MR) is 94.8 cm³/mol. The Morgan fingerprint density at radius 2 is 2.04 bits per heavy atom. The number of piperidine rings is 1. The van der Waals surface area contributed by atoms with Crippen molar-refractivity contribution in [3.63, 3.8) is 0 Å². The molecular formula is C19H18F2N4O. The molecule has 0 spiro atoms. The van der Waals surface area contributed by atoms with Crippen LogP contribution in [0.15, 0.2) is 48.7 Å². The molecular weight excluding hydrogens is 338 g/mol. The molecule has 1 aliphatic heterocycles. The fraction of sp³-hybridized carbons (Fsp3) is 0.263. The second-order valence-electron chi connectivity index (χ2n) is 6.52. The topological polar surface area (TPSA) is 72.9 Å². The van der Waals surface area contributed by atoms with Crippen LogP contribution in [0.5, 0.6) is 0 Å². The number of carbonyl (C=O) groups is 1. The van der Waals surface area contributed by atoms with E-state index in [1.54, 1.807) is 47.3 Å². The first-order valence-corrected chi connectivity index (χ1v) is 8.42. The molecule has 1 aromatic heterocycles. The Morgan fingerprint density at radius 1 is 1.27 bits per heavy atom. The van der Waals surface area contributed by atoms with E-state index < -0.39 is 17.7 Å². The minimum absolute atomic E-state index is 0.0405. The van der Waals surface area contributed by atoms with E-state index in [-0.39, 0.29) is 13.0 Å². The quantitative estimate of drug-likeness (QED) is 0.758. The average Bonchev–Trinajstić information content (AvgIpc) is 3.08. The molecule has 3 N–H and O–H groups in total. The molecule has 2 atom stereocenters. The maximum absolute atomic E-state index is 15.0. The number of nitrogens with two attached hydrogens (primary N) is 1. The standard InChI is InChI=1S/C19H18F2N4O/c20-16-8-9-23-11-19(16,21)13-4-6-14(7-5-13)25-10-12-2-1-3-15(18(22)26)17(12)24-25/h1-7,10,16,23H,8-9,11H2,(H2,22,26). The molecule has 2 heterocycles. The number of nitrogens with zero attached hydrogens (tertiary/aromatic N) is 2. The van der Waals surface area contributed by atoms with Crippen molar-refractivity contribution in [2.45, 2.75) is 18.3 Å². The molecule has 1 amide bonds. The van der Waals surface area contributed by atoms with Crippen LogP contribution in [0.1, 0.15) is 22.3 Å². The minimum atomic E-state index is -2.02. The fourth-order valence-electron chi connectivity index (χ4n) is 3.39. The maximum Gasteiger partial charge on any atom is 0.250 e. The number of aromatic nitrogens is 2. The number of hydrogen-bond donors (Lipinski definition) is 2. The van der Waals surface area contributed by atoms with Crippen molar-refractivity contribution in [3.05, 3.63) is 59.8 Å². The number of amides is 1. The van der Waals surface area contributed by atoms with E-state index in [2.05, 4.69) is 10.4 Å². The van der Waals surface area contributed by atoms with Gasteiger partial charge in [0.15, 0.2) is 5.67 Å². The Labute approximate surface area is 148 Å². The number of primary amides is 1. The molecule has 2 aromatic carbocycles. The van der Waals surface area contributed by atoms with E-state index in [0.29, 0.717) is 28.9 Å². The SMILES string of the molecule is NC(=O)c1cccc2cn(-c3ccc(C4(F)CNCCC4F)cc3)nc12. The number of hydrogen-bond acceptors (Lipinski definition) is 3. The van der Waals surface area contributed by atoms with E-state index in [0.717, 1.165) is 5.39 Å². The molecule has 3 aromatic rings. The van der Waals surface area contributed by atoms with Gasteiger partial charge in [0.25, 0.3) is 5.91 Å². The predicted octanol–water partition coefficient (Wildman–Crippen LogP) is 2.62. The Bertz CT molecular complexity index is 969. The monoisotopic (exact) mass is 356 g/mol. The molecule has 0 radical (unpaired) electrons. The molecule has 4 rings (SSSR count). The molecule has 134 valence electrons. The molecule has 2 unspecified atom stereocenters. The number of nitrogens with one attached hydrogen (secondary N) is 1. The van der Waals surface area contributed by atoms with Gasteiger partial charge in [-0.2, -0.15) is 5.10 Å². The summed E-state index contributed by atoms with van der Waals surface area (Å²) < 4.78 is 30.8. The van der Waals surface area contributed by atoms with Crippen molar-refractivity contribution in [1.82, 2.24) is 15.1 Å². The van der Waals surface area contributed by atoms with Crippen LogP contribution in [-0.4, -0.2) is 34.9 Å². The highest BCUT2D eigenvalue weighted by molar-refractivity contribution is 6.04. The smallest absolute Gasteiger partial charge is 0.250 e. The summed E-state index contributed by atoms with van der Waals surface area (Å²) in [6, 6.07) is 11.7. The summed E-state index contributed by atoms with van der Waals surface area (Å²) in [7, 11) is 0. The summed E-state index contributed by atoms with van der Waals surface area (Å²) in [5.74, 6) is -0.547. The zero-order valence-corrected chi connectivity index (χ0v) is 14.0. The maximum atomic E-state index is 15.0. The summed E-state index contributed by atoms with van der Waals surface area (Å²) in [5.41, 5.74) is 5.20. The summed E-state index contributed by atoms with van der Waals surface area (Å²) in [6.07, 6.45) is 0.390. The third-order valence-electron chi connectivity index (χ3n) is 4.87. The van der Waals surface area contributed by atoms with Crippen LogP contribution in [0.3, 0.4) is 0 Å². The lowest BCUT2D eigenvalue weighted by Crippen LogP contribution is -2.48. The number of carbonyl (C=O) groups excluding carboxylic acids is 1. The summed E-state index contributed by atoms with van der Waals surface area (Å²) in [4.78, 5) is 11.5. The van der Waals surface area contributed by atoms with Gasteiger partial charge in [-0.05, 0) is 36.7 Å². The molecule has 7 heteroatoms. The third kappa shape index (κ3) is 2.64. The molecule has 5 nitrogen and oxygen atoms in total. The lowest BCUT2D eigenvalue weighted by Gasteiger charge is -2.33. The number of halogens is 2. The van der Waals surface area contributed by atoms with E-state index in [4.69, 9.17) is 5.73 Å². The largest absolute Gasteiger partial charge is 0.366 e. The first-order valence-electron chi connectivity index (χ1n) is 8.42. The van der Waals surface area contributed by atoms with E-state index in [1.807, 2.05) is 6.07 Å². The van der Waals surface area contributed by atoms with Crippen LogP contribution in [-0.2, 0) is 5.67 Å². The second-order valence-corrected chi connectivity index (χ2v) is 6.52. The summed E-state index contributed by atoms with van der Waals surface area (Å²) in [6.45, 7) is 0.439. The van der Waals surface area contributed by atoms with Gasteiger partial charge < -0.3 is 11.1 Å². The highest BCUT2D eigenvalue weighted by Gasteiger charge is 2.43. The van der Waals surface area contributed by atoms with Crippen molar-refractivity contribution in [2.24, 2.45) is 5.73 Å². The van der Waals surface area contributed by atoms with Crippen LogP contribution in [0, 0.1) is 0 Å². The molecule has 0 aliphatic carbocycles. The molecule has 26 heavy (non-hydrogen) atoms. The van der Waals surface area contributed by atoms with Crippen molar-refractivity contribution < 1.29 is 13.6 Å². The van der Waals surface area contributed by atoms with Gasteiger partial charge in [-0.15, -0.1) is 0 Å². The Morgan fingerprint density at radius 3 is 2.73 bits per heavy atom. The van der Waals surface area contributed by atoms with Crippen LogP contribution in [0.25, 0.3) is 16.6 Å². The number of fused-ring (bicyclic) bond motifs is 1. The zero-order chi connectivity index (χ0) is 18.3. The van der Waals surface area contributed by atoms with Gasteiger partial charge in [-0.3, -0.25) is 4.79 Å². The van der Waals surface area contributed by atoms with E-state index in [1.165, 1.54) is 0 Å². The fourth-order valence-corrected chi connectivity index (χ4v) is 3.39. The Kier molecular flexibility index (Phi) is 3.96. The van der Waals surface area contributed by atoms with Crippen LogP contribution in [0.2, 0.25) is 0 Å². The number of benzene rings is 2. The first kappa shape index (κ1) is 16.7. The zero-order valence-electron chi connectivity index (χ0n) is 14.0. The lowest BCUT2D eigenvalue weighted by molar-refractivity contribution is 0.0214. The Balaban J connectivity index is 1.70. The van der Waals surface area contributed by atoms with E-state index in [9.17, 15) is 9.18 Å². The number of rotatable bonds is 3. The molecule has 1 fully saturated rings. The number of alkyl halides is 2. The highest BCUT2D eigenvalue weighted by Crippen LogP contribution is 2.35. The van der Waals surface area contributed by atoms with Gasteiger partial charge in [0, 0.05) is 18.1 Å². The van der Waals surface area contributed by atoms with Crippen molar-refractivity contribution in [2.75, 3.05) is 13.1 Å². The van der Waals surface area contributed by atoms with Crippen LogP contribution in [0.4, 0.5) is 8.78 Å². The van der Waals surface area contributed by atoms with E-state index >= 15 is 4.39 Å². The van der Waals surface area contributed by atoms with Gasteiger partial charge in [0.2, 0.25) is 0 Å². The normalized spacial score (nSPS) is 23.2. The van der Waals surface area contributed by atoms with Crippen molar-refractivity contribution in [3.8, 4) is 5.69 Å². The third-order valence-corrected chi connectivity index (χ3v) is 4.87. The lowest BCUT2D eigenvalue weighted by atomic mass is 9.86. The summed E-state index contributed by atoms with van der Waals surface area (Å²) in [5, 5.41) is 8.09. The molecule has 0 saturated carbocycles. The molecule has 1 aliphatic rings. The van der Waals surface area contributed by atoms with Gasteiger partial charge in [-0.1, -0.05) is 24.3 Å². The van der Waals surface area contributed by atoms with Gasteiger partial charge >= 0.3 is 0 Å². The second kappa shape index (κ2) is 6.17. The molecule has 0 bridgehead atoms. The molecule has 1 saturated heterocycles. The van der Waals surface area contributed by atoms with Gasteiger partial charge in [0.05, 0.1) is 11.3 Å². The van der Waals surface area contributed by atoms with Gasteiger partial charge in [0.1, 0.15) is 11.7 Å². The summed E-state index contributed by atoms with van der Waals surface area (Å²) >= 11 is 0. The van der Waals surface area contributed by atoms with Crippen LogP contribution < -0.4 is 11.1 Å². The highest BCUT2D eigenvalue weighted by atomic mass is 19.2. The van der Waals surface area contributed by atoms with Crippen molar-refractivity contribution in [1.29, 1.82) is 0 Å². The average molecular weight is 356 g/mol. The Hall–Kier alpha value is -2.80. The van der Waals surface area contributed by atoms with Crippen molar-refractivity contribution >= 4 is 16.8 Å². The first-order chi connectivity index (χ1) is 12.5. The van der Waals surface area contributed by atoms with Gasteiger partial charge in [-0.25, -0.2) is 13.5 Å². The minimum Gasteiger partial charge on any atom is -0.366 e.